The van der Waals surface area contributed by atoms with Crippen molar-refractivity contribution < 1.29 is 34.7 Å². The third kappa shape index (κ3) is 6.44. The van der Waals surface area contributed by atoms with E-state index >= 15 is 0 Å². The zero-order valence-corrected chi connectivity index (χ0v) is 15.8. The highest BCUT2D eigenvalue weighted by Crippen LogP contribution is 2.28. The van der Waals surface area contributed by atoms with Crippen molar-refractivity contribution in [2.75, 3.05) is 13.9 Å². The Labute approximate surface area is 163 Å². The van der Waals surface area contributed by atoms with Gasteiger partial charge in [-0.25, -0.2) is 0 Å². The maximum absolute atomic E-state index is 12.1. The summed E-state index contributed by atoms with van der Waals surface area (Å²) in [6, 6.07) is 9.71. The summed E-state index contributed by atoms with van der Waals surface area (Å²) in [5, 5.41) is 38.1. The van der Waals surface area contributed by atoms with Gasteiger partial charge in [0.2, 0.25) is 0 Å². The monoisotopic (exact) mass is 390 g/mol. The van der Waals surface area contributed by atoms with Crippen LogP contribution in [0.15, 0.2) is 36.4 Å². The minimum absolute atomic E-state index is 0.0467. The van der Waals surface area contributed by atoms with Gasteiger partial charge in [-0.1, -0.05) is 12.1 Å². The molecule has 7 nitrogen and oxygen atoms in total. The summed E-state index contributed by atoms with van der Waals surface area (Å²) < 4.78 is 9.96. The van der Waals surface area contributed by atoms with Gasteiger partial charge < -0.3 is 29.9 Å². The minimum Gasteiger partial charge on any atom is -0.504 e. The average Bonchev–Trinajstić information content (AvgIpc) is 2.68. The Kier molecular flexibility index (Phi) is 8.10. The maximum Gasteiger partial charge on any atom is 0.186 e. The highest BCUT2D eigenvalue weighted by atomic mass is 16.6. The van der Waals surface area contributed by atoms with Gasteiger partial charge in [-0.05, 0) is 54.7 Å². The number of hydrogen-bond donors (Lipinski definition) is 4. The van der Waals surface area contributed by atoms with Crippen molar-refractivity contribution in [2.24, 2.45) is 0 Å². The predicted octanol–water partition coefficient (Wildman–Crippen LogP) is 2.32. The van der Waals surface area contributed by atoms with Crippen LogP contribution in [-0.2, 0) is 17.6 Å². The Bertz CT molecular complexity index is 788. The molecule has 0 amide bonds. The molecule has 0 aliphatic carbocycles. The molecule has 0 bridgehead atoms. The molecule has 2 rings (SSSR count). The second-order valence-electron chi connectivity index (χ2n) is 6.52. The number of ether oxygens (including phenoxy) is 2. The summed E-state index contributed by atoms with van der Waals surface area (Å²) in [6.07, 6.45) is 0.986. The molecule has 0 saturated heterocycles. The molecule has 0 aliphatic heterocycles. The number of phenols is 2. The first-order chi connectivity index (χ1) is 13.4. The standard InChI is InChI=1S/C21H26O7/c1-27-20-10-14(4-8-18(20)25)2-6-16(23)12-17(24)7-3-15-5-9-19(26)21(11-15)28-13-22/h4-5,8-11,17,22,24-26H,2-3,6-7,12-13H2,1H3/t17-/m1/s1. The fourth-order valence-corrected chi connectivity index (χ4v) is 2.86. The van der Waals surface area contributed by atoms with E-state index in [1.807, 2.05) is 0 Å². The Hall–Kier alpha value is -2.77. The highest BCUT2D eigenvalue weighted by Gasteiger charge is 2.13. The predicted molar refractivity (Wildman–Crippen MR) is 103 cm³/mol. The second kappa shape index (κ2) is 10.5. The Morgan fingerprint density at radius 3 is 2.25 bits per heavy atom. The van der Waals surface area contributed by atoms with Gasteiger partial charge in [0.25, 0.3) is 0 Å². The molecule has 7 heteroatoms. The van der Waals surface area contributed by atoms with Crippen LogP contribution in [0.1, 0.15) is 30.4 Å². The number of aliphatic hydroxyl groups excluding tert-OH is 2. The number of aromatic hydroxyl groups is 2. The number of aryl methyl sites for hydroxylation is 2. The SMILES string of the molecule is COc1cc(CCC(=O)C[C@H](O)CCc2ccc(O)c(OCO)c2)ccc1O. The molecule has 152 valence electrons. The lowest BCUT2D eigenvalue weighted by atomic mass is 10.00. The minimum atomic E-state index is -0.766. The summed E-state index contributed by atoms with van der Waals surface area (Å²) in [7, 11) is 1.47. The fraction of sp³-hybridized carbons (Fsp3) is 0.381. The second-order valence-corrected chi connectivity index (χ2v) is 6.52. The summed E-state index contributed by atoms with van der Waals surface area (Å²) in [5.41, 5.74) is 1.70. The van der Waals surface area contributed by atoms with Crippen LogP contribution < -0.4 is 9.47 Å². The lowest BCUT2D eigenvalue weighted by molar-refractivity contribution is -0.121. The number of aliphatic hydroxyl groups is 2. The van der Waals surface area contributed by atoms with E-state index in [0.29, 0.717) is 31.4 Å². The van der Waals surface area contributed by atoms with Crippen LogP contribution in [0.5, 0.6) is 23.0 Å². The Morgan fingerprint density at radius 1 is 1.00 bits per heavy atom. The van der Waals surface area contributed by atoms with Crippen molar-refractivity contribution in [2.45, 2.75) is 38.2 Å². The van der Waals surface area contributed by atoms with Gasteiger partial charge in [0.15, 0.2) is 29.8 Å². The quantitative estimate of drug-likeness (QED) is 0.435. The molecule has 0 saturated carbocycles. The number of carbonyl (C=O) groups excluding carboxylic acids is 1. The van der Waals surface area contributed by atoms with Crippen LogP contribution in [0, 0.1) is 0 Å². The van der Waals surface area contributed by atoms with E-state index in [9.17, 15) is 20.1 Å². The first kappa shape index (κ1) is 21.5. The zero-order valence-electron chi connectivity index (χ0n) is 15.8. The first-order valence-electron chi connectivity index (χ1n) is 9.04. The van der Waals surface area contributed by atoms with E-state index in [2.05, 4.69) is 0 Å². The van der Waals surface area contributed by atoms with Gasteiger partial charge in [0.05, 0.1) is 13.2 Å². The molecule has 2 aromatic rings. The molecule has 1 atom stereocenters. The number of benzene rings is 2. The number of Topliss-reactive ketones (excluding diaryl/α,β-unsaturated/α-hetero) is 1. The van der Waals surface area contributed by atoms with Crippen LogP contribution in [-0.4, -0.2) is 46.2 Å². The van der Waals surface area contributed by atoms with Gasteiger partial charge in [0.1, 0.15) is 5.78 Å². The average molecular weight is 390 g/mol. The number of methoxy groups -OCH3 is 1. The highest BCUT2D eigenvalue weighted by molar-refractivity contribution is 5.79. The van der Waals surface area contributed by atoms with Crippen LogP contribution in [0.4, 0.5) is 0 Å². The Balaban J connectivity index is 1.79. The van der Waals surface area contributed by atoms with Gasteiger partial charge >= 0.3 is 0 Å². The molecule has 0 heterocycles. The number of rotatable bonds is 11. The summed E-state index contributed by atoms with van der Waals surface area (Å²) >= 11 is 0. The number of carbonyl (C=O) groups is 1. The smallest absolute Gasteiger partial charge is 0.186 e. The summed E-state index contributed by atoms with van der Waals surface area (Å²) in [4.78, 5) is 12.1. The maximum atomic E-state index is 12.1. The fourth-order valence-electron chi connectivity index (χ4n) is 2.86. The Morgan fingerprint density at radius 2 is 1.61 bits per heavy atom. The zero-order chi connectivity index (χ0) is 20.5. The van der Waals surface area contributed by atoms with E-state index in [1.54, 1.807) is 24.3 Å². The van der Waals surface area contributed by atoms with E-state index in [4.69, 9.17) is 14.6 Å². The van der Waals surface area contributed by atoms with E-state index in [0.717, 1.165) is 11.1 Å². The van der Waals surface area contributed by atoms with Crippen molar-refractivity contribution in [3.63, 3.8) is 0 Å². The van der Waals surface area contributed by atoms with Crippen molar-refractivity contribution in [1.82, 2.24) is 0 Å². The van der Waals surface area contributed by atoms with Gasteiger partial charge in [0, 0.05) is 12.8 Å². The molecule has 0 aliphatic rings. The number of ketones is 1. The van der Waals surface area contributed by atoms with Crippen molar-refractivity contribution >= 4 is 5.78 Å². The molecule has 4 N–H and O–H groups in total. The normalized spacial score (nSPS) is 11.8. The van der Waals surface area contributed by atoms with E-state index in [-0.39, 0.29) is 29.5 Å². The molecule has 28 heavy (non-hydrogen) atoms. The lowest BCUT2D eigenvalue weighted by Crippen LogP contribution is -2.15. The molecular weight excluding hydrogens is 364 g/mol. The molecular formula is C21H26O7. The summed E-state index contributed by atoms with van der Waals surface area (Å²) in [5.74, 6) is 0.474. The van der Waals surface area contributed by atoms with Gasteiger partial charge in [-0.3, -0.25) is 4.79 Å². The van der Waals surface area contributed by atoms with Gasteiger partial charge in [-0.15, -0.1) is 0 Å². The topological polar surface area (TPSA) is 116 Å². The molecule has 2 aromatic carbocycles. The third-order valence-electron chi connectivity index (χ3n) is 4.41. The first-order valence-corrected chi connectivity index (χ1v) is 9.04. The van der Waals surface area contributed by atoms with E-state index in [1.165, 1.54) is 19.2 Å². The van der Waals surface area contributed by atoms with Crippen molar-refractivity contribution in [3.05, 3.63) is 47.5 Å². The van der Waals surface area contributed by atoms with Crippen molar-refractivity contribution in [1.29, 1.82) is 0 Å². The van der Waals surface area contributed by atoms with E-state index < -0.39 is 12.9 Å². The van der Waals surface area contributed by atoms with Crippen LogP contribution in [0.25, 0.3) is 0 Å². The molecule has 0 spiro atoms. The molecule has 0 aromatic heterocycles. The molecule has 0 radical (unpaired) electrons. The van der Waals surface area contributed by atoms with Crippen molar-refractivity contribution in [3.8, 4) is 23.0 Å². The van der Waals surface area contributed by atoms with Crippen LogP contribution in [0.3, 0.4) is 0 Å². The lowest BCUT2D eigenvalue weighted by Gasteiger charge is -2.12. The van der Waals surface area contributed by atoms with Crippen LogP contribution >= 0.6 is 0 Å². The number of phenolic OH excluding ortho intramolecular Hbond substituents is 2. The molecule has 0 unspecified atom stereocenters. The largest absolute Gasteiger partial charge is 0.504 e. The summed E-state index contributed by atoms with van der Waals surface area (Å²) in [6.45, 7) is -0.541. The third-order valence-corrected chi connectivity index (χ3v) is 4.41. The molecule has 0 fully saturated rings. The van der Waals surface area contributed by atoms with Crippen LogP contribution in [0.2, 0.25) is 0 Å². The van der Waals surface area contributed by atoms with Gasteiger partial charge in [-0.2, -0.15) is 0 Å². The number of hydrogen-bond acceptors (Lipinski definition) is 7.